The molecule has 0 atom stereocenters. The van der Waals surface area contributed by atoms with E-state index in [1.165, 1.54) is 5.56 Å². The van der Waals surface area contributed by atoms with Crippen molar-refractivity contribution in [3.8, 4) is 0 Å². The second-order valence-electron chi connectivity index (χ2n) is 6.46. The summed E-state index contributed by atoms with van der Waals surface area (Å²) in [6, 6.07) is 19.5. The molecule has 5 heteroatoms. The van der Waals surface area contributed by atoms with Gasteiger partial charge in [0.25, 0.3) is 5.91 Å². The van der Waals surface area contributed by atoms with E-state index >= 15 is 0 Å². The Hall–Kier alpha value is -3.47. The van der Waals surface area contributed by atoms with Crippen molar-refractivity contribution in [1.29, 1.82) is 0 Å². The van der Waals surface area contributed by atoms with E-state index in [2.05, 4.69) is 28.0 Å². The first kappa shape index (κ1) is 17.0. The van der Waals surface area contributed by atoms with E-state index in [1.54, 1.807) is 24.5 Å². The predicted octanol–water partition coefficient (Wildman–Crippen LogP) is 4.01. The molecule has 0 aliphatic heterocycles. The number of para-hydroxylation sites is 2. The molecule has 1 N–H and O–H groups in total. The van der Waals surface area contributed by atoms with Gasteiger partial charge in [-0.3, -0.25) is 9.78 Å². The number of rotatable bonds is 5. The molecule has 0 fully saturated rings. The van der Waals surface area contributed by atoms with Crippen LogP contribution in [0.4, 0.5) is 5.69 Å². The molecular formula is C22H20N4O. The number of hydrogen-bond acceptors (Lipinski definition) is 3. The highest BCUT2D eigenvalue weighted by Crippen LogP contribution is 2.17. The van der Waals surface area contributed by atoms with Gasteiger partial charge in [0.1, 0.15) is 5.82 Å². The number of carbonyl (C=O) groups excluding carboxylic acids is 1. The lowest BCUT2D eigenvalue weighted by molar-refractivity contribution is 0.102. The van der Waals surface area contributed by atoms with E-state index in [1.807, 2.05) is 42.5 Å². The van der Waals surface area contributed by atoms with Gasteiger partial charge in [0, 0.05) is 37.1 Å². The topological polar surface area (TPSA) is 59.8 Å². The molecule has 27 heavy (non-hydrogen) atoms. The Morgan fingerprint density at radius 2 is 1.70 bits per heavy atom. The first-order valence-corrected chi connectivity index (χ1v) is 8.91. The van der Waals surface area contributed by atoms with Crippen molar-refractivity contribution in [2.75, 3.05) is 5.32 Å². The molecule has 0 aliphatic rings. The number of anilines is 1. The van der Waals surface area contributed by atoms with Crippen LogP contribution in [0.25, 0.3) is 11.0 Å². The lowest BCUT2D eigenvalue weighted by Crippen LogP contribution is -2.11. The van der Waals surface area contributed by atoms with Gasteiger partial charge in [-0.25, -0.2) is 4.98 Å². The molecule has 4 rings (SSSR count). The largest absolute Gasteiger partial charge is 0.331 e. The average Bonchev–Trinajstić information content (AvgIpc) is 3.04. The summed E-state index contributed by atoms with van der Waals surface area (Å²) in [5, 5.41) is 2.90. The summed E-state index contributed by atoms with van der Waals surface area (Å²) in [5.41, 5.74) is 4.77. The van der Waals surface area contributed by atoms with Crippen LogP contribution in [0.3, 0.4) is 0 Å². The first-order chi connectivity index (χ1) is 13.2. The maximum Gasteiger partial charge on any atom is 0.255 e. The van der Waals surface area contributed by atoms with Crippen molar-refractivity contribution in [1.82, 2.24) is 14.5 Å². The zero-order chi connectivity index (χ0) is 18.6. The van der Waals surface area contributed by atoms with Crippen molar-refractivity contribution in [3.05, 3.63) is 90.0 Å². The lowest BCUT2D eigenvalue weighted by atomic mass is 10.1. The van der Waals surface area contributed by atoms with Crippen molar-refractivity contribution < 1.29 is 4.79 Å². The summed E-state index contributed by atoms with van der Waals surface area (Å²) in [7, 11) is 2.06. The molecule has 0 unspecified atom stereocenters. The zero-order valence-corrected chi connectivity index (χ0v) is 15.1. The molecule has 4 aromatic rings. The van der Waals surface area contributed by atoms with Gasteiger partial charge >= 0.3 is 0 Å². The fourth-order valence-corrected chi connectivity index (χ4v) is 3.14. The number of aryl methyl sites for hydroxylation is 3. The van der Waals surface area contributed by atoms with E-state index in [0.717, 1.165) is 35.4 Å². The molecule has 0 saturated heterocycles. The molecule has 2 aromatic heterocycles. The summed E-state index contributed by atoms with van der Waals surface area (Å²) in [6.45, 7) is 0. The molecule has 134 valence electrons. The minimum atomic E-state index is -0.134. The molecule has 0 radical (unpaired) electrons. The standard InChI is InChI=1S/C22H20N4O/c1-26-20-5-3-2-4-19(20)25-21(26)11-8-16-6-9-18(10-7-16)24-22(27)17-12-14-23-15-13-17/h2-7,9-10,12-15H,8,11H2,1H3,(H,24,27). The fraction of sp³-hybridized carbons (Fsp3) is 0.136. The maximum absolute atomic E-state index is 12.2. The van der Waals surface area contributed by atoms with Crippen molar-refractivity contribution in [2.45, 2.75) is 12.8 Å². The Morgan fingerprint density at radius 1 is 0.963 bits per heavy atom. The van der Waals surface area contributed by atoms with Gasteiger partial charge in [-0.2, -0.15) is 0 Å². The van der Waals surface area contributed by atoms with Gasteiger partial charge in [0.2, 0.25) is 0 Å². The van der Waals surface area contributed by atoms with Crippen LogP contribution in [0.15, 0.2) is 73.1 Å². The normalized spacial score (nSPS) is 10.9. The molecule has 0 aliphatic carbocycles. The van der Waals surface area contributed by atoms with Crippen LogP contribution < -0.4 is 5.32 Å². The van der Waals surface area contributed by atoms with Gasteiger partial charge < -0.3 is 9.88 Å². The molecule has 0 saturated carbocycles. The Bertz CT molecular complexity index is 1070. The van der Waals surface area contributed by atoms with E-state index in [-0.39, 0.29) is 5.91 Å². The SMILES string of the molecule is Cn1c(CCc2ccc(NC(=O)c3ccncc3)cc2)nc2ccccc21. The number of nitrogens with one attached hydrogen (secondary N) is 1. The third kappa shape index (κ3) is 3.72. The van der Waals surface area contributed by atoms with Crippen LogP contribution in [0.1, 0.15) is 21.7 Å². The number of nitrogens with zero attached hydrogens (tertiary/aromatic N) is 3. The third-order valence-corrected chi connectivity index (χ3v) is 4.67. The lowest BCUT2D eigenvalue weighted by Gasteiger charge is -2.07. The smallest absolute Gasteiger partial charge is 0.255 e. The van der Waals surface area contributed by atoms with Crippen LogP contribution in [0.2, 0.25) is 0 Å². The average molecular weight is 356 g/mol. The number of fused-ring (bicyclic) bond motifs is 1. The Balaban J connectivity index is 1.40. The van der Waals surface area contributed by atoms with Gasteiger partial charge in [-0.1, -0.05) is 24.3 Å². The van der Waals surface area contributed by atoms with Gasteiger partial charge in [-0.05, 0) is 48.4 Å². The Labute approximate surface area is 157 Å². The molecule has 1 amide bonds. The second-order valence-corrected chi connectivity index (χ2v) is 6.46. The quantitative estimate of drug-likeness (QED) is 0.588. The van der Waals surface area contributed by atoms with Crippen LogP contribution in [0, 0.1) is 0 Å². The minimum Gasteiger partial charge on any atom is -0.331 e. The van der Waals surface area contributed by atoms with Crippen molar-refractivity contribution >= 4 is 22.6 Å². The summed E-state index contributed by atoms with van der Waals surface area (Å²) in [4.78, 5) is 20.8. The molecule has 0 spiro atoms. The monoisotopic (exact) mass is 356 g/mol. The molecule has 5 nitrogen and oxygen atoms in total. The number of pyridine rings is 1. The van der Waals surface area contributed by atoms with E-state index in [9.17, 15) is 4.79 Å². The Morgan fingerprint density at radius 3 is 2.44 bits per heavy atom. The molecule has 2 aromatic carbocycles. The minimum absolute atomic E-state index is 0.134. The fourth-order valence-electron chi connectivity index (χ4n) is 3.14. The second kappa shape index (κ2) is 7.41. The summed E-state index contributed by atoms with van der Waals surface area (Å²) in [6.07, 6.45) is 4.99. The van der Waals surface area contributed by atoms with Gasteiger partial charge in [0.05, 0.1) is 11.0 Å². The number of benzene rings is 2. The number of imidazole rings is 1. The van der Waals surface area contributed by atoms with Crippen LogP contribution in [0.5, 0.6) is 0 Å². The van der Waals surface area contributed by atoms with Crippen molar-refractivity contribution in [2.24, 2.45) is 7.05 Å². The highest BCUT2D eigenvalue weighted by atomic mass is 16.1. The van der Waals surface area contributed by atoms with E-state index in [4.69, 9.17) is 4.98 Å². The first-order valence-electron chi connectivity index (χ1n) is 8.91. The Kier molecular flexibility index (Phi) is 4.66. The molecule has 2 heterocycles. The highest BCUT2D eigenvalue weighted by Gasteiger charge is 2.08. The maximum atomic E-state index is 12.2. The third-order valence-electron chi connectivity index (χ3n) is 4.67. The van der Waals surface area contributed by atoms with E-state index in [0.29, 0.717) is 5.56 Å². The summed E-state index contributed by atoms with van der Waals surface area (Å²) >= 11 is 0. The van der Waals surface area contributed by atoms with Crippen molar-refractivity contribution in [3.63, 3.8) is 0 Å². The predicted molar refractivity (Wildman–Crippen MR) is 107 cm³/mol. The molecule has 0 bridgehead atoms. The van der Waals surface area contributed by atoms with Gasteiger partial charge in [0.15, 0.2) is 0 Å². The van der Waals surface area contributed by atoms with Crippen LogP contribution >= 0.6 is 0 Å². The van der Waals surface area contributed by atoms with Crippen LogP contribution in [-0.4, -0.2) is 20.4 Å². The number of amides is 1. The number of aromatic nitrogens is 3. The van der Waals surface area contributed by atoms with Gasteiger partial charge in [-0.15, -0.1) is 0 Å². The highest BCUT2D eigenvalue weighted by molar-refractivity contribution is 6.04. The van der Waals surface area contributed by atoms with E-state index < -0.39 is 0 Å². The van der Waals surface area contributed by atoms with Crippen LogP contribution in [-0.2, 0) is 19.9 Å². The number of hydrogen-bond donors (Lipinski definition) is 1. The zero-order valence-electron chi connectivity index (χ0n) is 15.1. The summed E-state index contributed by atoms with van der Waals surface area (Å²) < 4.78 is 2.15. The number of carbonyl (C=O) groups is 1. The summed E-state index contributed by atoms with van der Waals surface area (Å²) in [5.74, 6) is 0.941. The molecular weight excluding hydrogens is 336 g/mol.